The second kappa shape index (κ2) is 33.6. The van der Waals surface area contributed by atoms with E-state index >= 15 is 0 Å². The van der Waals surface area contributed by atoms with Crippen LogP contribution in [-0.2, 0) is 83.1 Å². The number of carbonyl (C=O) groups is 1. The Kier molecular flexibility index (Phi) is 26.4. The number of hydrogen-bond donors (Lipinski definition) is 20. The molecule has 95 heavy (non-hydrogen) atoms. The number of ether oxygens (including phenoxy) is 14. The van der Waals surface area contributed by atoms with Crippen molar-refractivity contribution in [2.45, 2.75) is 217 Å². The van der Waals surface area contributed by atoms with E-state index in [0.29, 0.717) is 11.4 Å². The third-order valence-electron chi connectivity index (χ3n) is 16.5. The quantitative estimate of drug-likeness (QED) is 0.0287. The predicted octanol–water partition coefficient (Wildman–Crippen LogP) is -12.8. The van der Waals surface area contributed by atoms with Crippen LogP contribution in [0.15, 0.2) is 30.6 Å². The van der Waals surface area contributed by atoms with Gasteiger partial charge in [0.1, 0.15) is 183 Å². The van der Waals surface area contributed by atoms with E-state index in [1.807, 2.05) is 0 Å². The molecule has 1 aromatic carbocycles. The standard InChI is InChI=1S/C54H82N6O35/c1-19(63)20-6-23(84-13-21-9-59(57-55-21)2-4-82-49-43(76)39(72)33(66)27(92-49)15-88-53-47(80)41(74)35(68)29(94-53)17-86-51-45(78)37(70)31(64)25(11-61)90-51)8-24(7-20)85-14-22-10-60(58-56-22)3-5-83-50-44(77)40(73)34(67)28(93-50)16-89-54-48(81)42(75)36(69)30(95-54)18-87-52-46(79)38(71)32(65)26(12-62)91-52/h6-10,25-54,61-62,64-81H,2-5,11-18H2,1H3/t25-,26-,27-,28-,29-,30-,31-,32-,33-,34-,35-,36-,37+,38+,39+,40+,41+,42+,43-,44-,45-,46-,47-,48-,49+,50+,51-,52-,53-,54-/m1/s1. The minimum atomic E-state index is -1.89. The third-order valence-corrected chi connectivity index (χ3v) is 16.5. The third kappa shape index (κ3) is 17.9. The summed E-state index contributed by atoms with van der Waals surface area (Å²) in [5.41, 5.74) is 0.865. The number of Topliss-reactive ketones (excluding diaryl/α,β-unsaturated/α-hetero) is 1. The zero-order chi connectivity index (χ0) is 68.7. The highest BCUT2D eigenvalue weighted by Gasteiger charge is 2.52. The number of ketones is 1. The van der Waals surface area contributed by atoms with Crippen LogP contribution in [0.25, 0.3) is 0 Å². The second-order valence-electron chi connectivity index (χ2n) is 23.3. The van der Waals surface area contributed by atoms with Crippen molar-refractivity contribution in [3.8, 4) is 11.5 Å². The van der Waals surface area contributed by atoms with Gasteiger partial charge in [-0.15, -0.1) is 10.2 Å². The van der Waals surface area contributed by atoms with Gasteiger partial charge in [-0.3, -0.25) is 4.79 Å². The van der Waals surface area contributed by atoms with E-state index in [9.17, 15) is 107 Å². The van der Waals surface area contributed by atoms with Gasteiger partial charge < -0.3 is 168 Å². The molecule has 6 saturated heterocycles. The van der Waals surface area contributed by atoms with Gasteiger partial charge in [0.2, 0.25) is 0 Å². The van der Waals surface area contributed by atoms with E-state index in [-0.39, 0.29) is 62.4 Å². The Labute approximate surface area is 537 Å². The number of nitrogens with zero attached hydrogens (tertiary/aromatic N) is 6. The maximum atomic E-state index is 12.5. The first kappa shape index (κ1) is 74.7. The SMILES string of the molecule is CC(=O)c1cc(OCc2cn(CCO[C@H]3O[C@H](CO[C@@H]4O[C@H](CO[C@@H]5O[C@H](CO)[C@@H](O)[C@H](O)[C@H]5O)[C@@H](O)[C@H](O)[C@H]4O)[C@@H](O)[C@H](O)[C@H]3O)nn2)cc(OCc2cn(CCO[C@H]3O[C@H](CO[C@@H]4O[C@H](CO[C@@H]5O[C@H](CO)[C@@H](O)[C@H](O)[C@H]5O)[C@@H](O)[C@H](O)[C@H]4O)[C@@H](O)[C@H](O)[C@H]3O)nn2)c1. The summed E-state index contributed by atoms with van der Waals surface area (Å²) in [5.74, 6) is 0.0888. The van der Waals surface area contributed by atoms with Crippen LogP contribution in [-0.4, -0.2) is 375 Å². The fraction of sp³-hybridized carbons (Fsp3) is 0.796. The average molecular weight is 1380 g/mol. The molecular weight excluding hydrogens is 1290 g/mol. The van der Waals surface area contributed by atoms with Crippen LogP contribution in [0.4, 0.5) is 0 Å². The van der Waals surface area contributed by atoms with Crippen molar-refractivity contribution < 1.29 is 173 Å². The van der Waals surface area contributed by atoms with Crippen molar-refractivity contribution in [3.63, 3.8) is 0 Å². The fourth-order valence-electron chi connectivity index (χ4n) is 10.7. The Morgan fingerprint density at radius 2 is 0.642 bits per heavy atom. The number of rotatable bonds is 29. The molecule has 0 saturated carbocycles. The average Bonchev–Trinajstić information content (AvgIpc) is 1.87. The molecule has 0 radical (unpaired) electrons. The van der Waals surface area contributed by atoms with Crippen LogP contribution in [0.3, 0.4) is 0 Å². The zero-order valence-electron chi connectivity index (χ0n) is 50.4. The summed E-state index contributed by atoms with van der Waals surface area (Å²) in [6, 6.07) is 4.46. The lowest BCUT2D eigenvalue weighted by Crippen LogP contribution is -2.62. The van der Waals surface area contributed by atoms with Gasteiger partial charge in [-0.05, 0) is 19.1 Å². The zero-order valence-corrected chi connectivity index (χ0v) is 50.4. The number of aliphatic hydroxyl groups excluding tert-OH is 20. The number of aromatic nitrogens is 6. The molecule has 41 nitrogen and oxygen atoms in total. The molecule has 6 aliphatic rings. The Bertz CT molecular complexity index is 2680. The van der Waals surface area contributed by atoms with Gasteiger partial charge in [-0.2, -0.15) is 0 Å². The summed E-state index contributed by atoms with van der Waals surface area (Å²) >= 11 is 0. The molecule has 0 aliphatic carbocycles. The maximum absolute atomic E-state index is 12.5. The maximum Gasteiger partial charge on any atom is 0.186 e. The molecule has 2 aromatic heterocycles. The van der Waals surface area contributed by atoms with Crippen molar-refractivity contribution in [2.75, 3.05) is 52.9 Å². The monoisotopic (exact) mass is 1370 g/mol. The first-order chi connectivity index (χ1) is 45.3. The number of carbonyl (C=O) groups excluding carboxylic acids is 1. The summed E-state index contributed by atoms with van der Waals surface area (Å²) in [5, 5.41) is 224. The Morgan fingerprint density at radius 1 is 0.379 bits per heavy atom. The summed E-state index contributed by atoms with van der Waals surface area (Å²) < 4.78 is 81.2. The summed E-state index contributed by atoms with van der Waals surface area (Å²) in [6.07, 6.45) is -47.6. The normalized spacial score (nSPS) is 41.0. The molecule has 538 valence electrons. The van der Waals surface area contributed by atoms with Gasteiger partial charge in [0, 0.05) is 11.6 Å². The van der Waals surface area contributed by atoms with Crippen molar-refractivity contribution in [1.82, 2.24) is 30.0 Å². The van der Waals surface area contributed by atoms with Gasteiger partial charge in [-0.25, -0.2) is 9.36 Å². The molecule has 0 bridgehead atoms. The van der Waals surface area contributed by atoms with Crippen LogP contribution < -0.4 is 9.47 Å². The summed E-state index contributed by atoms with van der Waals surface area (Å²) in [4.78, 5) is 12.5. The molecule has 41 heteroatoms. The second-order valence-corrected chi connectivity index (χ2v) is 23.3. The van der Waals surface area contributed by atoms with E-state index in [4.69, 9.17) is 66.3 Å². The Balaban J connectivity index is 0.695. The van der Waals surface area contributed by atoms with Gasteiger partial charge >= 0.3 is 0 Å². The van der Waals surface area contributed by atoms with Gasteiger partial charge in [-0.1, -0.05) is 10.4 Å². The highest BCUT2D eigenvalue weighted by Crippen LogP contribution is 2.32. The van der Waals surface area contributed by atoms with Crippen molar-refractivity contribution in [1.29, 1.82) is 0 Å². The molecule has 0 spiro atoms. The number of aliphatic hydroxyl groups is 20. The van der Waals surface area contributed by atoms with Crippen molar-refractivity contribution >= 4 is 5.78 Å². The number of benzene rings is 1. The van der Waals surface area contributed by atoms with Crippen LogP contribution in [0, 0.1) is 0 Å². The fourth-order valence-corrected chi connectivity index (χ4v) is 10.7. The van der Waals surface area contributed by atoms with Crippen LogP contribution >= 0.6 is 0 Å². The minimum Gasteiger partial charge on any atom is -0.487 e. The van der Waals surface area contributed by atoms with Gasteiger partial charge in [0.25, 0.3) is 0 Å². The van der Waals surface area contributed by atoms with Gasteiger partial charge in [0.15, 0.2) is 43.5 Å². The first-order valence-electron chi connectivity index (χ1n) is 30.1. The minimum absolute atomic E-state index is 0.00406. The smallest absolute Gasteiger partial charge is 0.186 e. The lowest BCUT2D eigenvalue weighted by atomic mass is 9.98. The van der Waals surface area contributed by atoms with Crippen molar-refractivity contribution in [2.24, 2.45) is 0 Å². The molecule has 0 amide bonds. The molecule has 30 atom stereocenters. The highest BCUT2D eigenvalue weighted by atomic mass is 16.8. The Morgan fingerprint density at radius 3 is 0.916 bits per heavy atom. The molecule has 6 fully saturated rings. The molecule has 20 N–H and O–H groups in total. The molecule has 6 aliphatic heterocycles. The molecular formula is C54H82N6O35. The van der Waals surface area contributed by atoms with E-state index in [2.05, 4.69) is 20.6 Å². The highest BCUT2D eigenvalue weighted by molar-refractivity contribution is 5.94. The van der Waals surface area contributed by atoms with Crippen LogP contribution in [0.1, 0.15) is 28.7 Å². The van der Waals surface area contributed by atoms with Crippen molar-refractivity contribution in [3.05, 3.63) is 47.5 Å². The molecule has 3 aromatic rings. The van der Waals surface area contributed by atoms with Gasteiger partial charge in [0.05, 0.1) is 78.3 Å². The van der Waals surface area contributed by atoms with E-state index in [1.54, 1.807) is 0 Å². The summed E-state index contributed by atoms with van der Waals surface area (Å²) in [7, 11) is 0. The molecule has 8 heterocycles. The largest absolute Gasteiger partial charge is 0.487 e. The number of hydrogen-bond acceptors (Lipinski definition) is 39. The predicted molar refractivity (Wildman–Crippen MR) is 295 cm³/mol. The topological polar surface area (TPSA) is 612 Å². The van der Waals surface area contributed by atoms with E-state index < -0.39 is 224 Å². The molecule has 0 unspecified atom stereocenters. The molecule has 9 rings (SSSR count). The van der Waals surface area contributed by atoms with Crippen LogP contribution in [0.5, 0.6) is 11.5 Å². The lowest BCUT2D eigenvalue weighted by Gasteiger charge is -2.43. The van der Waals surface area contributed by atoms with Crippen LogP contribution in [0.2, 0.25) is 0 Å². The first-order valence-corrected chi connectivity index (χ1v) is 30.1. The van der Waals surface area contributed by atoms with E-state index in [1.165, 1.54) is 46.9 Å². The summed E-state index contributed by atoms with van der Waals surface area (Å²) in [6.45, 7) is -3.45. The Hall–Kier alpha value is -4.51. The van der Waals surface area contributed by atoms with E-state index in [0.717, 1.165) is 0 Å². The lowest BCUT2D eigenvalue weighted by molar-refractivity contribution is -0.342.